The Kier molecular flexibility index (Phi) is 3.74. The molecule has 1 saturated heterocycles. The lowest BCUT2D eigenvalue weighted by Crippen LogP contribution is -2.27. The van der Waals surface area contributed by atoms with Gasteiger partial charge < -0.3 is 9.84 Å². The zero-order valence-corrected chi connectivity index (χ0v) is 9.16. The number of hydrogen-bond donors (Lipinski definition) is 1. The molecule has 0 aliphatic carbocycles. The van der Waals surface area contributed by atoms with Crippen LogP contribution in [0.25, 0.3) is 0 Å². The molecule has 13 heavy (non-hydrogen) atoms. The minimum atomic E-state index is -0.568. The van der Waals surface area contributed by atoms with Crippen molar-refractivity contribution in [2.24, 2.45) is 17.8 Å². The third-order valence-corrected chi connectivity index (χ3v) is 3.55. The highest BCUT2D eigenvalue weighted by Gasteiger charge is 2.32. The first-order valence-electron chi connectivity index (χ1n) is 5.39. The first-order chi connectivity index (χ1) is 6.06. The topological polar surface area (TPSA) is 29.5 Å². The van der Waals surface area contributed by atoms with Crippen molar-refractivity contribution in [2.75, 3.05) is 0 Å². The van der Waals surface area contributed by atoms with Gasteiger partial charge in [-0.05, 0) is 25.2 Å². The summed E-state index contributed by atoms with van der Waals surface area (Å²) in [6.07, 6.45) is 1.90. The van der Waals surface area contributed by atoms with Crippen molar-refractivity contribution in [3.8, 4) is 0 Å². The summed E-state index contributed by atoms with van der Waals surface area (Å²) in [5.74, 6) is 1.52. The van der Waals surface area contributed by atoms with E-state index in [1.54, 1.807) is 0 Å². The molecule has 1 N–H and O–H groups in total. The molecule has 5 unspecified atom stereocenters. The third kappa shape index (κ3) is 2.44. The Balaban J connectivity index is 2.69. The Morgan fingerprint density at radius 1 is 1.23 bits per heavy atom. The van der Waals surface area contributed by atoms with Crippen molar-refractivity contribution in [2.45, 2.75) is 52.9 Å². The van der Waals surface area contributed by atoms with Gasteiger partial charge in [-0.2, -0.15) is 0 Å². The Hall–Kier alpha value is -0.0800. The van der Waals surface area contributed by atoms with Crippen molar-refractivity contribution in [3.63, 3.8) is 0 Å². The van der Waals surface area contributed by atoms with Crippen molar-refractivity contribution in [1.29, 1.82) is 0 Å². The summed E-state index contributed by atoms with van der Waals surface area (Å²) in [5.41, 5.74) is 0. The molecule has 1 rings (SSSR count). The smallest absolute Gasteiger partial charge is 0.157 e. The number of rotatable bonds is 1. The molecule has 1 heterocycles. The van der Waals surface area contributed by atoms with Crippen LogP contribution in [0.4, 0.5) is 0 Å². The van der Waals surface area contributed by atoms with Gasteiger partial charge in [0.15, 0.2) is 6.29 Å². The number of hydrogen-bond acceptors (Lipinski definition) is 2. The minimum absolute atomic E-state index is 0.201. The summed E-state index contributed by atoms with van der Waals surface area (Å²) < 4.78 is 5.48. The second kappa shape index (κ2) is 4.43. The molecule has 1 aliphatic heterocycles. The zero-order valence-electron chi connectivity index (χ0n) is 9.16. The molecule has 0 aromatic heterocycles. The molecule has 0 saturated carbocycles. The van der Waals surface area contributed by atoms with Crippen LogP contribution in [-0.2, 0) is 4.74 Å². The molecule has 0 radical (unpaired) electrons. The van der Waals surface area contributed by atoms with Crippen molar-refractivity contribution >= 4 is 0 Å². The maximum Gasteiger partial charge on any atom is 0.157 e. The largest absolute Gasteiger partial charge is 0.368 e. The molecule has 1 aliphatic rings. The van der Waals surface area contributed by atoms with Crippen LogP contribution in [0.2, 0.25) is 0 Å². The Bertz CT molecular complexity index is 158. The van der Waals surface area contributed by atoms with Gasteiger partial charge in [-0.15, -0.1) is 0 Å². The molecule has 0 amide bonds. The molecule has 2 nitrogen and oxygen atoms in total. The minimum Gasteiger partial charge on any atom is -0.368 e. The van der Waals surface area contributed by atoms with E-state index in [0.717, 1.165) is 6.42 Å². The molecule has 5 atom stereocenters. The van der Waals surface area contributed by atoms with Gasteiger partial charge in [0, 0.05) is 5.92 Å². The van der Waals surface area contributed by atoms with E-state index in [-0.39, 0.29) is 12.0 Å². The van der Waals surface area contributed by atoms with E-state index >= 15 is 0 Å². The fraction of sp³-hybridized carbons (Fsp3) is 1.00. The summed E-state index contributed by atoms with van der Waals surface area (Å²) in [7, 11) is 0. The van der Waals surface area contributed by atoms with Crippen LogP contribution in [0.5, 0.6) is 0 Å². The van der Waals surface area contributed by atoms with Gasteiger partial charge in [-0.3, -0.25) is 0 Å². The van der Waals surface area contributed by atoms with Crippen molar-refractivity contribution in [1.82, 2.24) is 0 Å². The fourth-order valence-corrected chi connectivity index (χ4v) is 2.29. The molecule has 0 aromatic carbocycles. The third-order valence-electron chi connectivity index (χ3n) is 3.55. The normalized spacial score (nSPS) is 47.3. The Morgan fingerprint density at radius 2 is 1.85 bits per heavy atom. The van der Waals surface area contributed by atoms with Gasteiger partial charge in [0.1, 0.15) is 0 Å². The summed E-state index contributed by atoms with van der Waals surface area (Å²) >= 11 is 0. The first-order valence-corrected chi connectivity index (χ1v) is 5.39. The highest BCUT2D eigenvalue weighted by atomic mass is 16.6. The lowest BCUT2D eigenvalue weighted by atomic mass is 9.80. The van der Waals surface area contributed by atoms with E-state index in [4.69, 9.17) is 4.74 Å². The van der Waals surface area contributed by atoms with Crippen LogP contribution in [-0.4, -0.2) is 17.5 Å². The number of aliphatic hydroxyl groups excluding tert-OH is 1. The van der Waals surface area contributed by atoms with Gasteiger partial charge in [0.25, 0.3) is 0 Å². The number of ether oxygens (including phenoxy) is 1. The molecule has 0 spiro atoms. The van der Waals surface area contributed by atoms with Gasteiger partial charge >= 0.3 is 0 Å². The fourth-order valence-electron chi connectivity index (χ4n) is 2.29. The van der Waals surface area contributed by atoms with E-state index in [2.05, 4.69) is 27.7 Å². The van der Waals surface area contributed by atoms with Crippen LogP contribution in [0, 0.1) is 17.8 Å². The predicted molar refractivity (Wildman–Crippen MR) is 53.3 cm³/mol. The van der Waals surface area contributed by atoms with E-state index in [9.17, 15) is 5.11 Å². The zero-order chi connectivity index (χ0) is 10.0. The Labute approximate surface area is 81.3 Å². The highest BCUT2D eigenvalue weighted by molar-refractivity contribution is 4.78. The van der Waals surface area contributed by atoms with Crippen molar-refractivity contribution < 1.29 is 9.84 Å². The lowest BCUT2D eigenvalue weighted by Gasteiger charge is -2.25. The predicted octanol–water partition coefficient (Wildman–Crippen LogP) is 2.41. The van der Waals surface area contributed by atoms with E-state index in [1.807, 2.05) is 0 Å². The summed E-state index contributed by atoms with van der Waals surface area (Å²) in [5, 5.41) is 9.69. The average Bonchev–Trinajstić information content (AvgIpc) is 2.18. The van der Waals surface area contributed by atoms with Gasteiger partial charge in [0.05, 0.1) is 6.10 Å². The van der Waals surface area contributed by atoms with Crippen LogP contribution in [0.1, 0.15) is 40.5 Å². The monoisotopic (exact) mass is 186 g/mol. The molecular formula is C11H22O2. The van der Waals surface area contributed by atoms with Crippen LogP contribution < -0.4 is 0 Å². The maximum absolute atomic E-state index is 9.69. The molecule has 78 valence electrons. The SMILES string of the molecule is CCC1CC(C)OC(O)C(C)C1C. The lowest BCUT2D eigenvalue weighted by molar-refractivity contribution is -0.154. The molecule has 1 fully saturated rings. The summed E-state index contributed by atoms with van der Waals surface area (Å²) in [4.78, 5) is 0. The second-order valence-electron chi connectivity index (χ2n) is 4.46. The van der Waals surface area contributed by atoms with Gasteiger partial charge in [-0.1, -0.05) is 27.2 Å². The molecule has 0 aromatic rings. The second-order valence-corrected chi connectivity index (χ2v) is 4.46. The van der Waals surface area contributed by atoms with E-state index < -0.39 is 6.29 Å². The van der Waals surface area contributed by atoms with Crippen molar-refractivity contribution in [3.05, 3.63) is 0 Å². The summed E-state index contributed by atoms with van der Waals surface area (Å²) in [6, 6.07) is 0. The van der Waals surface area contributed by atoms with Crippen LogP contribution in [0.3, 0.4) is 0 Å². The van der Waals surface area contributed by atoms with Crippen LogP contribution in [0.15, 0.2) is 0 Å². The molecule has 0 bridgehead atoms. The molecular weight excluding hydrogens is 164 g/mol. The first kappa shape index (κ1) is 11.0. The Morgan fingerprint density at radius 3 is 2.38 bits per heavy atom. The van der Waals surface area contributed by atoms with E-state index in [0.29, 0.717) is 11.8 Å². The number of aliphatic hydroxyl groups is 1. The quantitative estimate of drug-likeness (QED) is 0.681. The standard InChI is InChI=1S/C11H22O2/c1-5-10-6-7(2)13-11(12)9(4)8(10)3/h7-12H,5-6H2,1-4H3. The van der Waals surface area contributed by atoms with E-state index in [1.165, 1.54) is 6.42 Å². The average molecular weight is 186 g/mol. The van der Waals surface area contributed by atoms with Crippen LogP contribution >= 0.6 is 0 Å². The van der Waals surface area contributed by atoms with Gasteiger partial charge in [-0.25, -0.2) is 0 Å². The highest BCUT2D eigenvalue weighted by Crippen LogP contribution is 2.34. The maximum atomic E-state index is 9.69. The molecule has 2 heteroatoms. The summed E-state index contributed by atoms with van der Waals surface area (Å²) in [6.45, 7) is 8.58. The van der Waals surface area contributed by atoms with Gasteiger partial charge in [0.2, 0.25) is 0 Å².